The first-order valence-electron chi connectivity index (χ1n) is 10.5. The smallest absolute Gasteiger partial charge is 0.326 e. The molecule has 0 heterocycles. The highest BCUT2D eigenvalue weighted by atomic mass is 19.4. The van der Waals surface area contributed by atoms with Crippen molar-refractivity contribution in [3.8, 4) is 0 Å². The van der Waals surface area contributed by atoms with Gasteiger partial charge in [-0.05, 0) is 67.4 Å². The van der Waals surface area contributed by atoms with Crippen molar-refractivity contribution in [2.24, 2.45) is 5.92 Å². The topological polar surface area (TPSA) is 87.3 Å². The second-order valence-corrected chi connectivity index (χ2v) is 7.87. The van der Waals surface area contributed by atoms with Gasteiger partial charge in [0.1, 0.15) is 0 Å². The van der Waals surface area contributed by atoms with Crippen molar-refractivity contribution in [3.05, 3.63) is 89.5 Å². The number of hydrogen-bond acceptors (Lipinski definition) is 3. The molecule has 0 bridgehead atoms. The number of carbonyl (C=O) groups is 3. The van der Waals surface area contributed by atoms with Crippen LogP contribution in [0.15, 0.2) is 72.8 Å². The minimum Gasteiger partial charge on any atom is -0.326 e. The first kappa shape index (κ1) is 23.0. The lowest BCUT2D eigenvalue weighted by molar-refractivity contribution is -0.137. The largest absolute Gasteiger partial charge is 0.416 e. The number of carbonyl (C=O) groups excluding carboxylic acids is 3. The van der Waals surface area contributed by atoms with Crippen molar-refractivity contribution in [2.45, 2.75) is 19.0 Å². The summed E-state index contributed by atoms with van der Waals surface area (Å²) in [5, 5.41) is 7.87. The van der Waals surface area contributed by atoms with Gasteiger partial charge in [-0.1, -0.05) is 18.2 Å². The molecule has 3 aromatic rings. The van der Waals surface area contributed by atoms with Gasteiger partial charge in [-0.25, -0.2) is 0 Å². The van der Waals surface area contributed by atoms with E-state index in [1.807, 2.05) is 0 Å². The molecule has 1 fully saturated rings. The first-order valence-corrected chi connectivity index (χ1v) is 10.5. The van der Waals surface area contributed by atoms with Crippen LogP contribution in [0.5, 0.6) is 0 Å². The Bertz CT molecular complexity index is 1240. The Morgan fingerprint density at radius 3 is 2.12 bits per heavy atom. The molecule has 3 aromatic carbocycles. The molecule has 1 aliphatic rings. The van der Waals surface area contributed by atoms with Gasteiger partial charge in [0.2, 0.25) is 5.91 Å². The Balaban J connectivity index is 1.45. The molecule has 34 heavy (non-hydrogen) atoms. The van der Waals surface area contributed by atoms with Crippen molar-refractivity contribution in [1.82, 2.24) is 0 Å². The summed E-state index contributed by atoms with van der Waals surface area (Å²) in [5.41, 5.74) is 0.255. The molecule has 0 spiro atoms. The predicted octanol–water partition coefficient (Wildman–Crippen LogP) is 5.56. The molecule has 1 aliphatic carbocycles. The van der Waals surface area contributed by atoms with Crippen LogP contribution in [0, 0.1) is 5.92 Å². The second-order valence-electron chi connectivity index (χ2n) is 7.87. The van der Waals surface area contributed by atoms with Gasteiger partial charge < -0.3 is 16.0 Å². The average molecular weight is 467 g/mol. The molecule has 9 heteroatoms. The van der Waals surface area contributed by atoms with Gasteiger partial charge in [-0.2, -0.15) is 13.2 Å². The highest BCUT2D eigenvalue weighted by molar-refractivity contribution is 6.12. The van der Waals surface area contributed by atoms with E-state index in [1.165, 1.54) is 24.3 Å². The number of alkyl halides is 3. The van der Waals surface area contributed by atoms with Crippen LogP contribution >= 0.6 is 0 Å². The minimum absolute atomic E-state index is 0.0233. The number of para-hydroxylation sites is 1. The van der Waals surface area contributed by atoms with E-state index in [9.17, 15) is 27.6 Å². The van der Waals surface area contributed by atoms with Crippen LogP contribution < -0.4 is 16.0 Å². The van der Waals surface area contributed by atoms with Crippen LogP contribution in [0.1, 0.15) is 39.1 Å². The standard InChI is InChI=1S/C25H20F3N3O3/c26-25(27,28)17-4-3-5-19(14-17)30-24(34)20-6-1-2-7-21(20)31-23(33)16-10-12-18(13-11-16)29-22(32)15-8-9-15/h1-7,10-15H,8-9H2,(H,29,32)(H,30,34)(H,31,33). The van der Waals surface area contributed by atoms with E-state index in [0.717, 1.165) is 25.0 Å². The molecule has 0 radical (unpaired) electrons. The number of benzene rings is 3. The van der Waals surface area contributed by atoms with Gasteiger partial charge in [0, 0.05) is 22.9 Å². The fraction of sp³-hybridized carbons (Fsp3) is 0.160. The number of hydrogen-bond donors (Lipinski definition) is 3. The van der Waals surface area contributed by atoms with Crippen molar-refractivity contribution < 1.29 is 27.6 Å². The summed E-state index contributed by atoms with van der Waals surface area (Å²) >= 11 is 0. The minimum atomic E-state index is -4.54. The van der Waals surface area contributed by atoms with Crippen molar-refractivity contribution >= 4 is 34.8 Å². The Morgan fingerprint density at radius 1 is 0.735 bits per heavy atom. The van der Waals surface area contributed by atoms with Crippen LogP contribution in [0.3, 0.4) is 0 Å². The summed E-state index contributed by atoms with van der Waals surface area (Å²) in [7, 11) is 0. The maximum atomic E-state index is 12.9. The number of amides is 3. The lowest BCUT2D eigenvalue weighted by Crippen LogP contribution is -2.18. The lowest BCUT2D eigenvalue weighted by atomic mass is 10.1. The molecular formula is C25H20F3N3O3. The fourth-order valence-electron chi connectivity index (χ4n) is 3.25. The van der Waals surface area contributed by atoms with E-state index in [4.69, 9.17) is 0 Å². The summed E-state index contributed by atoms with van der Waals surface area (Å²) in [6.07, 6.45) is -2.77. The number of halogens is 3. The highest BCUT2D eigenvalue weighted by Gasteiger charge is 2.31. The molecule has 3 amide bonds. The van der Waals surface area contributed by atoms with Gasteiger partial charge in [0.25, 0.3) is 11.8 Å². The summed E-state index contributed by atoms with van der Waals surface area (Å²) in [6.45, 7) is 0. The Kier molecular flexibility index (Phi) is 6.36. The zero-order valence-corrected chi connectivity index (χ0v) is 17.8. The molecule has 0 aliphatic heterocycles. The molecular weight excluding hydrogens is 447 g/mol. The molecule has 6 nitrogen and oxygen atoms in total. The van der Waals surface area contributed by atoms with E-state index >= 15 is 0 Å². The fourth-order valence-corrected chi connectivity index (χ4v) is 3.25. The van der Waals surface area contributed by atoms with E-state index in [1.54, 1.807) is 36.4 Å². The quantitative estimate of drug-likeness (QED) is 0.444. The van der Waals surface area contributed by atoms with Crippen LogP contribution in [-0.4, -0.2) is 17.7 Å². The SMILES string of the molecule is O=C(Nc1ccccc1C(=O)Nc1cccc(C(F)(F)F)c1)c1ccc(NC(=O)C2CC2)cc1. The van der Waals surface area contributed by atoms with Gasteiger partial charge in [0.05, 0.1) is 16.8 Å². The van der Waals surface area contributed by atoms with E-state index in [2.05, 4.69) is 16.0 Å². The monoisotopic (exact) mass is 467 g/mol. The van der Waals surface area contributed by atoms with Crippen molar-refractivity contribution in [2.75, 3.05) is 16.0 Å². The van der Waals surface area contributed by atoms with Crippen LogP contribution in [0.25, 0.3) is 0 Å². The lowest BCUT2D eigenvalue weighted by Gasteiger charge is -2.13. The summed E-state index contributed by atoms with van der Waals surface area (Å²) in [5.74, 6) is -1.15. The average Bonchev–Trinajstić information content (AvgIpc) is 3.65. The zero-order chi connectivity index (χ0) is 24.3. The maximum absolute atomic E-state index is 12.9. The third-order valence-electron chi connectivity index (χ3n) is 5.23. The zero-order valence-electron chi connectivity index (χ0n) is 17.8. The third-order valence-corrected chi connectivity index (χ3v) is 5.23. The van der Waals surface area contributed by atoms with Crippen LogP contribution in [-0.2, 0) is 11.0 Å². The molecule has 0 unspecified atom stereocenters. The number of rotatable bonds is 6. The predicted molar refractivity (Wildman–Crippen MR) is 122 cm³/mol. The van der Waals surface area contributed by atoms with Crippen molar-refractivity contribution in [3.63, 3.8) is 0 Å². The molecule has 174 valence electrons. The van der Waals surface area contributed by atoms with Crippen LogP contribution in [0.4, 0.5) is 30.2 Å². The van der Waals surface area contributed by atoms with Gasteiger partial charge in [-0.15, -0.1) is 0 Å². The summed E-state index contributed by atoms with van der Waals surface area (Å²) in [4.78, 5) is 37.3. The van der Waals surface area contributed by atoms with Crippen LogP contribution in [0.2, 0.25) is 0 Å². The summed E-state index contributed by atoms with van der Waals surface area (Å²) in [6, 6.07) is 16.8. The Labute approximate surface area is 193 Å². The first-order chi connectivity index (χ1) is 16.2. The maximum Gasteiger partial charge on any atom is 0.416 e. The number of anilines is 3. The summed E-state index contributed by atoms with van der Waals surface area (Å²) < 4.78 is 38.8. The van der Waals surface area contributed by atoms with Gasteiger partial charge in [0.15, 0.2) is 0 Å². The third kappa shape index (κ3) is 5.61. The Morgan fingerprint density at radius 2 is 1.44 bits per heavy atom. The molecule has 0 aromatic heterocycles. The Hall–Kier alpha value is -4.14. The molecule has 1 saturated carbocycles. The molecule has 0 atom stereocenters. The highest BCUT2D eigenvalue weighted by Crippen LogP contribution is 2.31. The number of nitrogens with one attached hydrogen (secondary N) is 3. The normalized spacial score (nSPS) is 13.1. The molecule has 4 rings (SSSR count). The van der Waals surface area contributed by atoms with Gasteiger partial charge in [-0.3, -0.25) is 14.4 Å². The van der Waals surface area contributed by atoms with E-state index in [0.29, 0.717) is 11.3 Å². The van der Waals surface area contributed by atoms with E-state index in [-0.39, 0.29) is 28.8 Å². The molecule has 0 saturated heterocycles. The second kappa shape index (κ2) is 9.38. The van der Waals surface area contributed by atoms with E-state index < -0.39 is 23.6 Å². The van der Waals surface area contributed by atoms with Gasteiger partial charge >= 0.3 is 6.18 Å². The van der Waals surface area contributed by atoms with Crippen molar-refractivity contribution in [1.29, 1.82) is 0 Å². The molecule has 3 N–H and O–H groups in total.